The topological polar surface area (TPSA) is 257 Å². The molecule has 0 bridgehead atoms. The van der Waals surface area contributed by atoms with E-state index >= 15 is 0 Å². The van der Waals surface area contributed by atoms with Crippen molar-refractivity contribution < 1.29 is 65.8 Å². The zero-order chi connectivity index (χ0) is 20.3. The Morgan fingerprint density at radius 2 is 1.08 bits per heavy atom. The van der Waals surface area contributed by atoms with E-state index in [4.69, 9.17) is 56.2 Å². The molecule has 13 heteroatoms. The van der Waals surface area contributed by atoms with E-state index in [1.54, 1.807) is 0 Å². The highest BCUT2D eigenvalue weighted by Crippen LogP contribution is 2.05. The van der Waals surface area contributed by atoms with Crippen LogP contribution in [0.5, 0.6) is 0 Å². The molecule has 0 radical (unpaired) electrons. The summed E-state index contributed by atoms with van der Waals surface area (Å²) in [5.74, 6) is -1.73. The van der Waals surface area contributed by atoms with Crippen LogP contribution in [0.15, 0.2) is 0 Å². The lowest BCUT2D eigenvalue weighted by atomic mass is 10.0. The van der Waals surface area contributed by atoms with Crippen LogP contribution in [0.1, 0.15) is 0 Å². The third kappa shape index (κ3) is 9.13. The number of carbonyl (C=O) groups is 2. The number of hydrogen-bond acceptors (Lipinski definition) is 12. The zero-order valence-electron chi connectivity index (χ0n) is 12.8. The van der Waals surface area contributed by atoms with Gasteiger partial charge in [-0.15, -0.1) is 0 Å². The van der Waals surface area contributed by atoms with Crippen molar-refractivity contribution in [3.63, 3.8) is 0 Å². The van der Waals surface area contributed by atoms with Gasteiger partial charge in [0.1, 0.15) is 42.7 Å². The van der Waals surface area contributed by atoms with Crippen molar-refractivity contribution in [1.82, 2.24) is 0 Å². The first kappa shape index (κ1) is 26.0. The minimum Gasteiger partial charge on any atom is -0.479 e. The summed E-state index contributed by atoms with van der Waals surface area (Å²) in [6, 6.07) is 0. The first-order valence-electron chi connectivity index (χ1n) is 6.80. The predicted octanol–water partition coefficient (Wildman–Crippen LogP) is -6.87. The summed E-state index contributed by atoms with van der Waals surface area (Å²) in [5.41, 5.74) is 0. The molecule has 0 amide bonds. The average molecular weight is 376 g/mol. The fourth-order valence-corrected chi connectivity index (χ4v) is 1.29. The van der Waals surface area contributed by atoms with Gasteiger partial charge in [-0.25, -0.2) is 4.79 Å². The summed E-state index contributed by atoms with van der Waals surface area (Å²) >= 11 is 0. The van der Waals surface area contributed by atoms with E-state index in [1.165, 1.54) is 0 Å². The standard InChI is InChI=1S/C6H12O7.C6H12O6/c7-1-2(8)3(9)4(10)5(11)6(12)13;7-1-3(9)5(11)6(12)4(10)2-8/h2-5,7-11H,1H2,(H,12,13);1,3-6,8-12H,2H2/t2-,3-,4+,5-;3-,4+,5+,6+/m10/s1. The molecule has 0 aromatic rings. The third-order valence-corrected chi connectivity index (χ3v) is 2.93. The molecule has 150 valence electrons. The van der Waals surface area contributed by atoms with E-state index in [0.29, 0.717) is 0 Å². The van der Waals surface area contributed by atoms with E-state index in [0.717, 1.165) is 0 Å². The van der Waals surface area contributed by atoms with Crippen LogP contribution in [0.3, 0.4) is 0 Å². The number of rotatable bonds is 10. The van der Waals surface area contributed by atoms with Crippen molar-refractivity contribution in [2.45, 2.75) is 48.8 Å². The fraction of sp³-hybridized carbons (Fsp3) is 0.833. The van der Waals surface area contributed by atoms with E-state index in [2.05, 4.69) is 0 Å². The third-order valence-electron chi connectivity index (χ3n) is 2.93. The average Bonchev–Trinajstić information content (AvgIpc) is 2.62. The maximum atomic E-state index is 10.1. The van der Waals surface area contributed by atoms with Gasteiger partial charge in [-0.2, -0.15) is 0 Å². The van der Waals surface area contributed by atoms with Gasteiger partial charge in [0, 0.05) is 0 Å². The van der Waals surface area contributed by atoms with Gasteiger partial charge in [0.15, 0.2) is 12.4 Å². The zero-order valence-corrected chi connectivity index (χ0v) is 12.8. The number of aldehydes is 1. The molecule has 0 unspecified atom stereocenters. The van der Waals surface area contributed by atoms with Gasteiger partial charge in [0.05, 0.1) is 13.2 Å². The Morgan fingerprint density at radius 3 is 1.36 bits per heavy atom. The van der Waals surface area contributed by atoms with Crippen LogP contribution in [0.25, 0.3) is 0 Å². The molecule has 0 aromatic heterocycles. The van der Waals surface area contributed by atoms with Gasteiger partial charge in [-0.1, -0.05) is 0 Å². The summed E-state index contributed by atoms with van der Waals surface area (Å²) < 4.78 is 0. The van der Waals surface area contributed by atoms with Crippen LogP contribution in [0.2, 0.25) is 0 Å². The van der Waals surface area contributed by atoms with Gasteiger partial charge in [-0.05, 0) is 0 Å². The molecule has 0 spiro atoms. The van der Waals surface area contributed by atoms with Gasteiger partial charge >= 0.3 is 5.97 Å². The molecule has 0 aromatic carbocycles. The van der Waals surface area contributed by atoms with E-state index in [9.17, 15) is 9.59 Å². The molecule has 11 N–H and O–H groups in total. The Labute approximate surface area is 141 Å². The van der Waals surface area contributed by atoms with Gasteiger partial charge in [0.2, 0.25) is 0 Å². The fourth-order valence-electron chi connectivity index (χ4n) is 1.29. The summed E-state index contributed by atoms with van der Waals surface area (Å²) in [4.78, 5) is 20.0. The van der Waals surface area contributed by atoms with E-state index < -0.39 is 68.0 Å². The Kier molecular flexibility index (Phi) is 13.5. The first-order chi connectivity index (χ1) is 11.5. The van der Waals surface area contributed by atoms with Crippen LogP contribution < -0.4 is 0 Å². The molecule has 13 nitrogen and oxygen atoms in total. The van der Waals surface area contributed by atoms with Gasteiger partial charge in [-0.3, -0.25) is 0 Å². The second kappa shape index (κ2) is 13.0. The minimum absolute atomic E-state index is 0.0258. The van der Waals surface area contributed by atoms with Crippen LogP contribution in [-0.4, -0.2) is 130 Å². The van der Waals surface area contributed by atoms with Crippen LogP contribution >= 0.6 is 0 Å². The molecule has 0 saturated heterocycles. The number of carboxylic acids is 1. The monoisotopic (exact) mass is 376 g/mol. The Hall–Kier alpha value is -1.26. The molecular formula is C12H24O13. The predicted molar refractivity (Wildman–Crippen MR) is 75.9 cm³/mol. The molecule has 8 atom stereocenters. The Bertz CT molecular complexity index is 378. The lowest BCUT2D eigenvalue weighted by molar-refractivity contribution is -0.164. The van der Waals surface area contributed by atoms with E-state index in [-0.39, 0.29) is 6.29 Å². The summed E-state index contributed by atoms with van der Waals surface area (Å²) in [6.45, 7) is -1.60. The Morgan fingerprint density at radius 1 is 0.720 bits per heavy atom. The summed E-state index contributed by atoms with van der Waals surface area (Å²) in [5, 5.41) is 95.4. The van der Waals surface area contributed by atoms with E-state index in [1.807, 2.05) is 0 Å². The lowest BCUT2D eigenvalue weighted by Crippen LogP contribution is -2.48. The lowest BCUT2D eigenvalue weighted by Gasteiger charge is -2.23. The van der Waals surface area contributed by atoms with Crippen molar-refractivity contribution in [3.8, 4) is 0 Å². The summed E-state index contributed by atoms with van der Waals surface area (Å²) in [7, 11) is 0. The normalized spacial score (nSPS) is 20.7. The number of aliphatic hydroxyl groups excluding tert-OH is 10. The second-order valence-corrected chi connectivity index (χ2v) is 4.87. The molecule has 0 fully saturated rings. The van der Waals surface area contributed by atoms with Crippen molar-refractivity contribution >= 4 is 12.3 Å². The van der Waals surface area contributed by atoms with Crippen molar-refractivity contribution in [1.29, 1.82) is 0 Å². The van der Waals surface area contributed by atoms with Gasteiger partial charge in [0.25, 0.3) is 0 Å². The summed E-state index contributed by atoms with van der Waals surface area (Å²) in [6.07, 6.45) is -14.7. The largest absolute Gasteiger partial charge is 0.479 e. The number of aliphatic hydroxyl groups is 10. The van der Waals surface area contributed by atoms with Crippen LogP contribution in [0, 0.1) is 0 Å². The second-order valence-electron chi connectivity index (χ2n) is 4.87. The van der Waals surface area contributed by atoms with Crippen molar-refractivity contribution in [2.24, 2.45) is 0 Å². The van der Waals surface area contributed by atoms with Crippen LogP contribution in [-0.2, 0) is 9.59 Å². The molecule has 0 aliphatic heterocycles. The number of carboxylic acid groups (broad SMARTS) is 1. The highest BCUT2D eigenvalue weighted by Gasteiger charge is 2.33. The minimum atomic E-state index is -2.20. The molecule has 0 heterocycles. The maximum absolute atomic E-state index is 10.1. The number of carbonyl (C=O) groups excluding carboxylic acids is 1. The molecule has 0 saturated carbocycles. The van der Waals surface area contributed by atoms with Crippen molar-refractivity contribution in [3.05, 3.63) is 0 Å². The number of aliphatic carboxylic acids is 1. The molecule has 0 aliphatic carbocycles. The van der Waals surface area contributed by atoms with Crippen LogP contribution in [0.4, 0.5) is 0 Å². The maximum Gasteiger partial charge on any atom is 0.335 e. The molecule has 25 heavy (non-hydrogen) atoms. The Balaban J connectivity index is 0. The van der Waals surface area contributed by atoms with Gasteiger partial charge < -0.3 is 61.0 Å². The highest BCUT2D eigenvalue weighted by atomic mass is 16.4. The number of hydrogen-bond donors (Lipinski definition) is 11. The van der Waals surface area contributed by atoms with Crippen molar-refractivity contribution in [2.75, 3.05) is 13.2 Å². The first-order valence-corrected chi connectivity index (χ1v) is 6.80. The SMILES string of the molecule is O=C(O)[C@H](O)[C@@H](O)[C@H](O)[C@H](O)CO.O=C[C@H](O)[C@@H](O)[C@H](O)[C@H](O)CO. The molecule has 0 rings (SSSR count). The quantitative estimate of drug-likeness (QED) is 0.159. The molecular weight excluding hydrogens is 352 g/mol. The smallest absolute Gasteiger partial charge is 0.335 e. The molecule has 0 aliphatic rings. The highest BCUT2D eigenvalue weighted by molar-refractivity contribution is 5.72.